The summed E-state index contributed by atoms with van der Waals surface area (Å²) in [5, 5.41) is 16.8. The third-order valence-electron chi connectivity index (χ3n) is 2.69. The number of imidazole rings is 1. The minimum absolute atomic E-state index is 0.0552. The van der Waals surface area contributed by atoms with E-state index in [-0.39, 0.29) is 5.69 Å². The number of aromatic carboxylic acids is 1. The zero-order chi connectivity index (χ0) is 13.1. The fraction of sp³-hybridized carbons (Fsp3) is 0.455. The standard InChI is InChI=1S/C11H15N5O2/c1-3-4-6-16-9(8(11(17)18)13-14-16)10-12-5-7-15(10)2/h5,7H,3-4,6H2,1-2H3,(H,17,18). The molecule has 0 spiro atoms. The van der Waals surface area contributed by atoms with E-state index in [9.17, 15) is 4.79 Å². The quantitative estimate of drug-likeness (QED) is 0.859. The molecule has 0 aliphatic heterocycles. The molecule has 96 valence electrons. The van der Waals surface area contributed by atoms with Crippen LogP contribution < -0.4 is 0 Å². The van der Waals surface area contributed by atoms with E-state index in [4.69, 9.17) is 5.11 Å². The molecule has 1 N–H and O–H groups in total. The highest BCUT2D eigenvalue weighted by Crippen LogP contribution is 2.20. The lowest BCUT2D eigenvalue weighted by molar-refractivity contribution is 0.0691. The van der Waals surface area contributed by atoms with Crippen LogP contribution in [0.4, 0.5) is 0 Å². The number of hydrogen-bond acceptors (Lipinski definition) is 4. The number of carboxylic acid groups (broad SMARTS) is 1. The molecule has 7 heteroatoms. The Labute approximate surface area is 104 Å². The molecule has 0 saturated heterocycles. The van der Waals surface area contributed by atoms with E-state index in [0.717, 1.165) is 12.8 Å². The highest BCUT2D eigenvalue weighted by Gasteiger charge is 2.22. The van der Waals surface area contributed by atoms with Crippen LogP contribution in [0.5, 0.6) is 0 Å². The maximum atomic E-state index is 11.2. The van der Waals surface area contributed by atoms with Crippen molar-refractivity contribution in [1.82, 2.24) is 24.5 Å². The summed E-state index contributed by atoms with van der Waals surface area (Å²) in [6, 6.07) is 0. The largest absolute Gasteiger partial charge is 0.476 e. The van der Waals surface area contributed by atoms with Crippen molar-refractivity contribution >= 4 is 5.97 Å². The number of carbonyl (C=O) groups is 1. The molecular formula is C11H15N5O2. The molecule has 0 atom stereocenters. The summed E-state index contributed by atoms with van der Waals surface area (Å²) in [5.41, 5.74) is 0.406. The second-order valence-corrected chi connectivity index (χ2v) is 4.03. The minimum Gasteiger partial charge on any atom is -0.476 e. The van der Waals surface area contributed by atoms with Gasteiger partial charge in [-0.2, -0.15) is 0 Å². The van der Waals surface area contributed by atoms with Crippen LogP contribution in [-0.2, 0) is 13.6 Å². The van der Waals surface area contributed by atoms with E-state index in [1.54, 1.807) is 21.6 Å². The van der Waals surface area contributed by atoms with Gasteiger partial charge in [0.05, 0.1) is 0 Å². The van der Waals surface area contributed by atoms with E-state index >= 15 is 0 Å². The second kappa shape index (κ2) is 4.99. The van der Waals surface area contributed by atoms with Gasteiger partial charge < -0.3 is 9.67 Å². The number of unbranched alkanes of at least 4 members (excludes halogenated alkanes) is 1. The van der Waals surface area contributed by atoms with E-state index in [1.807, 2.05) is 7.05 Å². The zero-order valence-corrected chi connectivity index (χ0v) is 10.4. The summed E-state index contributed by atoms with van der Waals surface area (Å²) in [7, 11) is 1.81. The molecule has 18 heavy (non-hydrogen) atoms. The van der Waals surface area contributed by atoms with Crippen molar-refractivity contribution in [2.24, 2.45) is 7.05 Å². The van der Waals surface area contributed by atoms with Crippen LogP contribution in [0, 0.1) is 0 Å². The fourth-order valence-electron chi connectivity index (χ4n) is 1.74. The summed E-state index contributed by atoms with van der Waals surface area (Å²) in [6.45, 7) is 2.70. The van der Waals surface area contributed by atoms with Crippen LogP contribution >= 0.6 is 0 Å². The Bertz CT molecular complexity index is 558. The summed E-state index contributed by atoms with van der Waals surface area (Å²) in [5.74, 6) is -0.524. The van der Waals surface area contributed by atoms with Gasteiger partial charge in [0.1, 0.15) is 5.69 Å². The third-order valence-corrected chi connectivity index (χ3v) is 2.69. The van der Waals surface area contributed by atoms with Gasteiger partial charge in [-0.25, -0.2) is 14.5 Å². The van der Waals surface area contributed by atoms with Crippen molar-refractivity contribution in [1.29, 1.82) is 0 Å². The summed E-state index contributed by atoms with van der Waals surface area (Å²) < 4.78 is 3.36. The van der Waals surface area contributed by atoms with Crippen molar-refractivity contribution in [3.05, 3.63) is 18.1 Å². The van der Waals surface area contributed by atoms with Crippen molar-refractivity contribution in [2.75, 3.05) is 0 Å². The van der Waals surface area contributed by atoms with Crippen LogP contribution in [0.2, 0.25) is 0 Å². The molecule has 0 unspecified atom stereocenters. The van der Waals surface area contributed by atoms with Crippen LogP contribution in [0.15, 0.2) is 12.4 Å². The smallest absolute Gasteiger partial charge is 0.358 e. The number of nitrogens with zero attached hydrogens (tertiary/aromatic N) is 5. The highest BCUT2D eigenvalue weighted by molar-refractivity contribution is 5.91. The van der Waals surface area contributed by atoms with Gasteiger partial charge in [-0.15, -0.1) is 5.10 Å². The van der Waals surface area contributed by atoms with Gasteiger partial charge in [-0.05, 0) is 6.42 Å². The topological polar surface area (TPSA) is 85.8 Å². The van der Waals surface area contributed by atoms with Crippen molar-refractivity contribution < 1.29 is 9.90 Å². The van der Waals surface area contributed by atoms with Gasteiger partial charge >= 0.3 is 5.97 Å². The summed E-state index contributed by atoms with van der Waals surface area (Å²) >= 11 is 0. The maximum Gasteiger partial charge on any atom is 0.358 e. The lowest BCUT2D eigenvalue weighted by Gasteiger charge is -2.06. The van der Waals surface area contributed by atoms with Gasteiger partial charge in [0.15, 0.2) is 5.82 Å². The molecule has 0 radical (unpaired) electrons. The molecule has 2 rings (SSSR count). The first-order chi connectivity index (χ1) is 8.65. The van der Waals surface area contributed by atoms with Crippen LogP contribution in [0.3, 0.4) is 0 Å². The first kappa shape index (κ1) is 12.3. The number of carboxylic acids is 1. The molecule has 0 aliphatic rings. The van der Waals surface area contributed by atoms with Gasteiger partial charge in [0.25, 0.3) is 0 Å². The first-order valence-corrected chi connectivity index (χ1v) is 5.79. The molecule has 0 fully saturated rings. The highest BCUT2D eigenvalue weighted by atomic mass is 16.4. The van der Waals surface area contributed by atoms with Crippen LogP contribution in [0.1, 0.15) is 30.3 Å². The van der Waals surface area contributed by atoms with E-state index in [1.165, 1.54) is 0 Å². The molecule has 2 aromatic rings. The Hall–Kier alpha value is -2.18. The number of aryl methyl sites for hydroxylation is 2. The molecule has 0 aliphatic carbocycles. The molecular weight excluding hydrogens is 234 g/mol. The van der Waals surface area contributed by atoms with Gasteiger partial charge in [0, 0.05) is 26.0 Å². The molecule has 0 saturated carbocycles. The Kier molecular flexibility index (Phi) is 3.40. The summed E-state index contributed by atoms with van der Waals surface area (Å²) in [6.07, 6.45) is 5.30. The third kappa shape index (κ3) is 2.11. The predicted octanol–water partition coefficient (Wildman–Crippen LogP) is 1.18. The molecule has 2 aromatic heterocycles. The average Bonchev–Trinajstić information content (AvgIpc) is 2.91. The number of hydrogen-bond donors (Lipinski definition) is 1. The van der Waals surface area contributed by atoms with E-state index in [2.05, 4.69) is 22.2 Å². The van der Waals surface area contributed by atoms with Gasteiger partial charge in [-0.3, -0.25) is 0 Å². The van der Waals surface area contributed by atoms with Crippen molar-refractivity contribution in [3.63, 3.8) is 0 Å². The van der Waals surface area contributed by atoms with E-state index in [0.29, 0.717) is 18.1 Å². The van der Waals surface area contributed by atoms with Gasteiger partial charge in [-0.1, -0.05) is 18.6 Å². The van der Waals surface area contributed by atoms with Gasteiger partial charge in [0.2, 0.25) is 5.69 Å². The monoisotopic (exact) mass is 249 g/mol. The van der Waals surface area contributed by atoms with E-state index < -0.39 is 5.97 Å². The SMILES string of the molecule is CCCCn1nnc(C(=O)O)c1-c1nccn1C. The van der Waals surface area contributed by atoms with Crippen molar-refractivity contribution in [3.8, 4) is 11.5 Å². The molecule has 0 aromatic carbocycles. The number of rotatable bonds is 5. The predicted molar refractivity (Wildman–Crippen MR) is 64.1 cm³/mol. The second-order valence-electron chi connectivity index (χ2n) is 4.03. The average molecular weight is 249 g/mol. The minimum atomic E-state index is -1.09. The molecule has 7 nitrogen and oxygen atoms in total. The summed E-state index contributed by atoms with van der Waals surface area (Å²) in [4.78, 5) is 15.3. The zero-order valence-electron chi connectivity index (χ0n) is 10.4. The van der Waals surface area contributed by atoms with Crippen LogP contribution in [-0.4, -0.2) is 35.6 Å². The number of aromatic nitrogens is 5. The first-order valence-electron chi connectivity index (χ1n) is 5.79. The Morgan fingerprint density at radius 2 is 2.28 bits per heavy atom. The Morgan fingerprint density at radius 1 is 1.50 bits per heavy atom. The van der Waals surface area contributed by atoms with Crippen LogP contribution in [0.25, 0.3) is 11.5 Å². The normalized spacial score (nSPS) is 10.8. The molecule has 2 heterocycles. The Balaban J connectivity index is 2.50. The lowest BCUT2D eigenvalue weighted by Crippen LogP contribution is -2.08. The van der Waals surface area contributed by atoms with Crippen molar-refractivity contribution in [2.45, 2.75) is 26.3 Å². The Morgan fingerprint density at radius 3 is 2.83 bits per heavy atom. The lowest BCUT2D eigenvalue weighted by atomic mass is 10.2. The maximum absolute atomic E-state index is 11.2. The molecule has 0 bridgehead atoms. The molecule has 0 amide bonds. The fourth-order valence-corrected chi connectivity index (χ4v) is 1.74.